The number of rotatable bonds is 5. The van der Waals surface area contributed by atoms with Crippen molar-refractivity contribution in [2.45, 2.75) is 44.7 Å². The van der Waals surface area contributed by atoms with Gasteiger partial charge in [0.1, 0.15) is 12.3 Å². The van der Waals surface area contributed by atoms with Crippen LogP contribution in [0.2, 0.25) is 0 Å². The molecular weight excluding hydrogens is 252 g/mol. The molecule has 0 bridgehead atoms. The van der Waals surface area contributed by atoms with E-state index in [1.165, 1.54) is 12.0 Å². The van der Waals surface area contributed by atoms with Gasteiger partial charge in [0.2, 0.25) is 0 Å². The van der Waals surface area contributed by atoms with Crippen LogP contribution in [-0.2, 0) is 9.53 Å². The molecule has 108 valence electrons. The van der Waals surface area contributed by atoms with Crippen LogP contribution in [0.15, 0.2) is 5.11 Å². The Bertz CT molecular complexity index is 370. The zero-order chi connectivity index (χ0) is 14.6. The van der Waals surface area contributed by atoms with E-state index >= 15 is 0 Å². The van der Waals surface area contributed by atoms with Gasteiger partial charge in [0.25, 0.3) is 0 Å². The van der Waals surface area contributed by atoms with Gasteiger partial charge in [-0.05, 0) is 11.4 Å². The van der Waals surface area contributed by atoms with Crippen molar-refractivity contribution in [1.29, 1.82) is 0 Å². The van der Waals surface area contributed by atoms with Crippen LogP contribution in [0.3, 0.4) is 0 Å². The van der Waals surface area contributed by atoms with Crippen molar-refractivity contribution in [3.8, 4) is 0 Å². The number of methoxy groups -OCH3 is 1. The molecule has 0 aromatic carbocycles. The molecule has 4 atom stereocenters. The molecule has 0 spiro atoms. The number of hydrogen-bond donors (Lipinski definition) is 2. The van der Waals surface area contributed by atoms with E-state index in [4.69, 9.17) is 5.53 Å². The van der Waals surface area contributed by atoms with Crippen LogP contribution in [0.4, 0.5) is 0 Å². The standard InChI is InChI=1S/C11H20N4O4/c1-6(2)9(13-14-12)10(17)15-5-7(16)4-8(15)11(18)19-3/h6-10,16-17H,4-5H2,1-3H3/t7-,8+,9?,10?/m1/s1. The molecule has 0 aromatic heterocycles. The number of aliphatic hydroxyl groups is 2. The third kappa shape index (κ3) is 3.57. The van der Waals surface area contributed by atoms with Crippen molar-refractivity contribution in [3.05, 3.63) is 10.4 Å². The third-order valence-electron chi connectivity index (χ3n) is 3.30. The Morgan fingerprint density at radius 2 is 2.21 bits per heavy atom. The van der Waals surface area contributed by atoms with Crippen molar-refractivity contribution in [2.24, 2.45) is 11.0 Å². The molecule has 1 fully saturated rings. The number of aliphatic hydroxyl groups excluding tert-OH is 2. The second kappa shape index (κ2) is 6.72. The van der Waals surface area contributed by atoms with Gasteiger partial charge in [-0.25, -0.2) is 0 Å². The van der Waals surface area contributed by atoms with Crippen LogP contribution in [0.5, 0.6) is 0 Å². The van der Waals surface area contributed by atoms with Crippen LogP contribution < -0.4 is 0 Å². The van der Waals surface area contributed by atoms with E-state index in [-0.39, 0.29) is 18.9 Å². The minimum Gasteiger partial charge on any atom is -0.468 e. The predicted molar refractivity (Wildman–Crippen MR) is 66.9 cm³/mol. The summed E-state index contributed by atoms with van der Waals surface area (Å²) in [6, 6.07) is -1.41. The van der Waals surface area contributed by atoms with Gasteiger partial charge in [0, 0.05) is 17.9 Å². The molecule has 8 nitrogen and oxygen atoms in total. The topological polar surface area (TPSA) is 119 Å². The lowest BCUT2D eigenvalue weighted by molar-refractivity contribution is -0.150. The summed E-state index contributed by atoms with van der Waals surface area (Å²) in [5.41, 5.74) is 8.54. The van der Waals surface area contributed by atoms with E-state index in [0.29, 0.717) is 0 Å². The van der Waals surface area contributed by atoms with Crippen molar-refractivity contribution < 1.29 is 19.7 Å². The molecule has 1 aliphatic rings. The Morgan fingerprint density at radius 3 is 2.68 bits per heavy atom. The zero-order valence-corrected chi connectivity index (χ0v) is 11.3. The van der Waals surface area contributed by atoms with E-state index in [9.17, 15) is 15.0 Å². The summed E-state index contributed by atoms with van der Waals surface area (Å²) in [5.74, 6) is -0.610. The molecule has 0 amide bonds. The van der Waals surface area contributed by atoms with E-state index in [1.54, 1.807) is 0 Å². The van der Waals surface area contributed by atoms with Gasteiger partial charge in [0.05, 0.1) is 19.3 Å². The Labute approximate surface area is 111 Å². The van der Waals surface area contributed by atoms with E-state index < -0.39 is 30.4 Å². The smallest absolute Gasteiger partial charge is 0.323 e. The molecule has 8 heteroatoms. The number of esters is 1. The summed E-state index contributed by atoms with van der Waals surface area (Å²) in [5, 5.41) is 23.5. The summed E-state index contributed by atoms with van der Waals surface area (Å²) < 4.78 is 4.66. The summed E-state index contributed by atoms with van der Waals surface area (Å²) in [6.07, 6.45) is -1.64. The minimum atomic E-state index is -1.13. The van der Waals surface area contributed by atoms with Crippen LogP contribution in [-0.4, -0.2) is 59.2 Å². The fraction of sp³-hybridized carbons (Fsp3) is 0.909. The van der Waals surface area contributed by atoms with Crippen LogP contribution >= 0.6 is 0 Å². The summed E-state index contributed by atoms with van der Waals surface area (Å²) >= 11 is 0. The molecule has 2 N–H and O–H groups in total. The molecule has 0 saturated carbocycles. The fourth-order valence-electron chi connectivity index (χ4n) is 2.29. The van der Waals surface area contributed by atoms with Gasteiger partial charge in [-0.2, -0.15) is 0 Å². The van der Waals surface area contributed by atoms with Gasteiger partial charge in [0.15, 0.2) is 0 Å². The highest BCUT2D eigenvalue weighted by atomic mass is 16.5. The van der Waals surface area contributed by atoms with Gasteiger partial charge < -0.3 is 14.9 Å². The SMILES string of the molecule is COC(=O)[C@@H]1C[C@@H](O)CN1C(O)C(N=[N+]=[N-])C(C)C. The molecule has 19 heavy (non-hydrogen) atoms. The molecule has 0 radical (unpaired) electrons. The van der Waals surface area contributed by atoms with Crippen LogP contribution in [0.1, 0.15) is 20.3 Å². The molecule has 1 aliphatic heterocycles. The van der Waals surface area contributed by atoms with Crippen molar-refractivity contribution in [2.75, 3.05) is 13.7 Å². The number of carbonyl (C=O) groups is 1. The summed E-state index contributed by atoms with van der Waals surface area (Å²) in [7, 11) is 1.25. The van der Waals surface area contributed by atoms with E-state index in [2.05, 4.69) is 14.8 Å². The Morgan fingerprint density at radius 1 is 1.58 bits per heavy atom. The van der Waals surface area contributed by atoms with Crippen LogP contribution in [0, 0.1) is 5.92 Å². The molecule has 1 heterocycles. The molecular formula is C11H20N4O4. The highest BCUT2D eigenvalue weighted by Crippen LogP contribution is 2.25. The van der Waals surface area contributed by atoms with Crippen molar-refractivity contribution >= 4 is 5.97 Å². The van der Waals surface area contributed by atoms with E-state index in [0.717, 1.165) is 0 Å². The van der Waals surface area contributed by atoms with Crippen LogP contribution in [0.25, 0.3) is 10.4 Å². The second-order valence-corrected chi connectivity index (χ2v) is 4.98. The quantitative estimate of drug-likeness (QED) is 0.322. The first kappa shape index (κ1) is 15.7. The van der Waals surface area contributed by atoms with Gasteiger partial charge in [-0.3, -0.25) is 9.69 Å². The first-order chi connectivity index (χ1) is 8.92. The highest BCUT2D eigenvalue weighted by Gasteiger charge is 2.42. The van der Waals surface area contributed by atoms with Gasteiger partial charge in [-0.1, -0.05) is 19.0 Å². The largest absolute Gasteiger partial charge is 0.468 e. The van der Waals surface area contributed by atoms with Gasteiger partial charge in [-0.15, -0.1) is 0 Å². The normalized spacial score (nSPS) is 26.8. The second-order valence-electron chi connectivity index (χ2n) is 4.98. The average molecular weight is 272 g/mol. The molecule has 1 rings (SSSR count). The maximum atomic E-state index is 11.6. The average Bonchev–Trinajstić information content (AvgIpc) is 2.76. The molecule has 0 aromatic rings. The van der Waals surface area contributed by atoms with Crippen molar-refractivity contribution in [3.63, 3.8) is 0 Å². The number of ether oxygens (including phenoxy) is 1. The Hall–Kier alpha value is -1.34. The lowest BCUT2D eigenvalue weighted by Gasteiger charge is -2.32. The number of hydrogen-bond acceptors (Lipinski definition) is 6. The number of nitrogens with zero attached hydrogens (tertiary/aromatic N) is 4. The fourth-order valence-corrected chi connectivity index (χ4v) is 2.29. The van der Waals surface area contributed by atoms with Gasteiger partial charge >= 0.3 is 5.97 Å². The molecule has 0 aliphatic carbocycles. The first-order valence-electron chi connectivity index (χ1n) is 6.16. The predicted octanol–water partition coefficient (Wildman–Crippen LogP) is 0.248. The lowest BCUT2D eigenvalue weighted by atomic mass is 10.0. The number of azide groups is 1. The maximum Gasteiger partial charge on any atom is 0.323 e. The first-order valence-corrected chi connectivity index (χ1v) is 6.16. The summed E-state index contributed by atoms with van der Waals surface area (Å²) in [4.78, 5) is 15.8. The number of β-amino-alcohol motifs (C(OH)–C–C–N with tert-alkyl or cyclic N) is 1. The zero-order valence-electron chi connectivity index (χ0n) is 11.3. The number of likely N-dealkylation sites (tertiary alicyclic amines) is 1. The third-order valence-corrected chi connectivity index (χ3v) is 3.30. The Balaban J connectivity index is 2.91. The number of carbonyl (C=O) groups excluding carboxylic acids is 1. The monoisotopic (exact) mass is 272 g/mol. The molecule has 1 saturated heterocycles. The summed E-state index contributed by atoms with van der Waals surface area (Å²) in [6.45, 7) is 3.76. The van der Waals surface area contributed by atoms with Crippen molar-refractivity contribution in [1.82, 2.24) is 4.90 Å². The maximum absolute atomic E-state index is 11.6. The van der Waals surface area contributed by atoms with E-state index in [1.807, 2.05) is 13.8 Å². The minimum absolute atomic E-state index is 0.0954. The Kier molecular flexibility index (Phi) is 5.56. The highest BCUT2D eigenvalue weighted by molar-refractivity contribution is 5.76. The lowest BCUT2D eigenvalue weighted by Crippen LogP contribution is -2.50. The molecule has 2 unspecified atom stereocenters.